The molecule has 0 spiro atoms. The lowest BCUT2D eigenvalue weighted by atomic mass is 10.0. The lowest BCUT2D eigenvalue weighted by Gasteiger charge is -2.23. The first-order valence-electron chi connectivity index (χ1n) is 5.80. The molecule has 0 unspecified atom stereocenters. The number of ketones is 1. The standard InChI is InChI=1S/C13H10ClN3O2/c14-13(19)17-11-8(3-1-5-10(11)18)7-16-9-4-2-6-15-12(9)17/h1-4,6,16H,5,7H2. The van der Waals surface area contributed by atoms with Crippen molar-refractivity contribution in [3.05, 3.63) is 41.8 Å². The Morgan fingerprint density at radius 1 is 1.47 bits per heavy atom. The normalized spacial score (nSPS) is 17.5. The number of amides is 1. The fourth-order valence-electron chi connectivity index (χ4n) is 2.25. The van der Waals surface area contributed by atoms with Gasteiger partial charge in [-0.25, -0.2) is 9.88 Å². The maximum Gasteiger partial charge on any atom is 0.326 e. The molecule has 0 saturated heterocycles. The van der Waals surface area contributed by atoms with Gasteiger partial charge in [-0.05, 0) is 29.3 Å². The first kappa shape index (κ1) is 11.9. The minimum Gasteiger partial charge on any atom is -0.378 e. The molecule has 1 aliphatic heterocycles. The molecule has 1 aliphatic carbocycles. The molecule has 0 fully saturated rings. The van der Waals surface area contributed by atoms with Crippen LogP contribution >= 0.6 is 11.6 Å². The second-order valence-electron chi connectivity index (χ2n) is 4.22. The lowest BCUT2D eigenvalue weighted by molar-refractivity contribution is -0.115. The van der Waals surface area contributed by atoms with Crippen LogP contribution in [0.5, 0.6) is 0 Å². The van der Waals surface area contributed by atoms with Gasteiger partial charge in [-0.15, -0.1) is 0 Å². The van der Waals surface area contributed by atoms with Crippen molar-refractivity contribution >= 4 is 34.3 Å². The zero-order valence-electron chi connectivity index (χ0n) is 9.89. The molecule has 0 atom stereocenters. The fraction of sp³-hybridized carbons (Fsp3) is 0.154. The van der Waals surface area contributed by atoms with Crippen LogP contribution in [0.25, 0.3) is 0 Å². The average molecular weight is 276 g/mol. The average Bonchev–Trinajstić information content (AvgIpc) is 2.56. The molecular weight excluding hydrogens is 266 g/mol. The van der Waals surface area contributed by atoms with Gasteiger partial charge in [-0.3, -0.25) is 9.59 Å². The van der Waals surface area contributed by atoms with E-state index in [1.807, 2.05) is 6.08 Å². The number of hydrogen-bond acceptors (Lipinski definition) is 4. The Hall–Kier alpha value is -2.14. The van der Waals surface area contributed by atoms with Crippen molar-refractivity contribution in [1.29, 1.82) is 0 Å². The van der Waals surface area contributed by atoms with E-state index in [2.05, 4.69) is 10.3 Å². The number of carbonyl (C=O) groups is 2. The molecule has 0 bridgehead atoms. The first-order chi connectivity index (χ1) is 9.18. The predicted octanol–water partition coefficient (Wildman–Crippen LogP) is 2.46. The van der Waals surface area contributed by atoms with E-state index in [1.165, 1.54) is 4.90 Å². The van der Waals surface area contributed by atoms with E-state index in [9.17, 15) is 9.59 Å². The van der Waals surface area contributed by atoms with Gasteiger partial charge in [0.15, 0.2) is 11.6 Å². The quantitative estimate of drug-likeness (QED) is 0.583. The summed E-state index contributed by atoms with van der Waals surface area (Å²) in [5.41, 5.74) is 1.72. The summed E-state index contributed by atoms with van der Waals surface area (Å²) in [6.45, 7) is 0.455. The Morgan fingerprint density at radius 2 is 2.32 bits per heavy atom. The zero-order valence-corrected chi connectivity index (χ0v) is 10.6. The Labute approximate surface area is 114 Å². The number of allylic oxidation sites excluding steroid dienone is 2. The summed E-state index contributed by atoms with van der Waals surface area (Å²) < 4.78 is 0. The highest BCUT2D eigenvalue weighted by molar-refractivity contribution is 6.67. The molecule has 0 saturated carbocycles. The summed E-state index contributed by atoms with van der Waals surface area (Å²) in [6, 6.07) is 3.55. The number of nitrogens with zero attached hydrogens (tertiary/aromatic N) is 2. The number of nitrogens with one attached hydrogen (secondary N) is 1. The smallest absolute Gasteiger partial charge is 0.326 e. The first-order valence-corrected chi connectivity index (χ1v) is 6.17. The van der Waals surface area contributed by atoms with Gasteiger partial charge in [0.2, 0.25) is 0 Å². The third-order valence-corrected chi connectivity index (χ3v) is 3.23. The zero-order chi connectivity index (χ0) is 13.4. The van der Waals surface area contributed by atoms with Crippen LogP contribution in [0.15, 0.2) is 41.8 Å². The van der Waals surface area contributed by atoms with Gasteiger partial charge in [-0.1, -0.05) is 12.2 Å². The van der Waals surface area contributed by atoms with E-state index in [1.54, 1.807) is 24.4 Å². The van der Waals surface area contributed by atoms with Crippen LogP contribution in [-0.2, 0) is 4.79 Å². The van der Waals surface area contributed by atoms with E-state index in [0.29, 0.717) is 23.7 Å². The van der Waals surface area contributed by atoms with Crippen molar-refractivity contribution in [3.8, 4) is 0 Å². The van der Waals surface area contributed by atoms with E-state index < -0.39 is 5.37 Å². The Kier molecular flexibility index (Phi) is 2.83. The van der Waals surface area contributed by atoms with Crippen LogP contribution in [-0.4, -0.2) is 22.7 Å². The molecule has 6 heteroatoms. The minimum atomic E-state index is -0.736. The monoisotopic (exact) mass is 275 g/mol. The van der Waals surface area contributed by atoms with Crippen molar-refractivity contribution in [2.45, 2.75) is 6.42 Å². The Balaban J connectivity index is 2.23. The van der Waals surface area contributed by atoms with Crippen LogP contribution in [0.4, 0.5) is 16.3 Å². The molecule has 3 rings (SSSR count). The van der Waals surface area contributed by atoms with E-state index >= 15 is 0 Å². The van der Waals surface area contributed by atoms with Crippen LogP contribution in [0.2, 0.25) is 0 Å². The summed E-state index contributed by atoms with van der Waals surface area (Å²) in [5, 5.41) is 2.42. The van der Waals surface area contributed by atoms with Crippen molar-refractivity contribution < 1.29 is 9.59 Å². The molecule has 0 aromatic carbocycles. The molecule has 96 valence electrons. The topological polar surface area (TPSA) is 62.3 Å². The number of aromatic nitrogens is 1. The molecular formula is C13H10ClN3O2. The predicted molar refractivity (Wildman–Crippen MR) is 72.2 cm³/mol. The third-order valence-electron chi connectivity index (χ3n) is 3.06. The summed E-state index contributed by atoms with van der Waals surface area (Å²) in [5.74, 6) is 0.225. The summed E-state index contributed by atoms with van der Waals surface area (Å²) >= 11 is 5.65. The molecule has 2 heterocycles. The maximum atomic E-state index is 12.1. The van der Waals surface area contributed by atoms with E-state index in [-0.39, 0.29) is 12.2 Å². The highest BCUT2D eigenvalue weighted by Gasteiger charge is 2.32. The number of carbonyl (C=O) groups excluding carboxylic acids is 2. The number of fused-ring (bicyclic) bond motifs is 1. The highest BCUT2D eigenvalue weighted by Crippen LogP contribution is 2.34. The van der Waals surface area contributed by atoms with Crippen LogP contribution in [0.3, 0.4) is 0 Å². The number of Topliss-reactive ketones (excluding diaryl/α,β-unsaturated/α-hetero) is 1. The molecule has 2 aliphatic rings. The summed E-state index contributed by atoms with van der Waals surface area (Å²) in [7, 11) is 0. The molecule has 1 N–H and O–H groups in total. The van der Waals surface area contributed by atoms with Crippen molar-refractivity contribution in [2.24, 2.45) is 0 Å². The van der Waals surface area contributed by atoms with Crippen LogP contribution in [0.1, 0.15) is 6.42 Å². The highest BCUT2D eigenvalue weighted by atomic mass is 35.5. The van der Waals surface area contributed by atoms with E-state index in [4.69, 9.17) is 11.6 Å². The van der Waals surface area contributed by atoms with Gasteiger partial charge in [0, 0.05) is 19.2 Å². The number of pyridine rings is 1. The Morgan fingerprint density at radius 3 is 3.11 bits per heavy atom. The van der Waals surface area contributed by atoms with Gasteiger partial charge in [0.1, 0.15) is 0 Å². The van der Waals surface area contributed by atoms with Gasteiger partial charge < -0.3 is 5.32 Å². The SMILES string of the molecule is O=C1CC=CC2=C1N(C(=O)Cl)c1ncccc1NC2. The fourth-order valence-corrected chi connectivity index (χ4v) is 2.42. The Bertz CT molecular complexity index is 637. The minimum absolute atomic E-state index is 0.133. The molecule has 0 radical (unpaired) electrons. The number of halogens is 1. The van der Waals surface area contributed by atoms with Gasteiger partial charge in [0.05, 0.1) is 11.4 Å². The number of hydrogen-bond donors (Lipinski definition) is 1. The van der Waals surface area contributed by atoms with Gasteiger partial charge in [0.25, 0.3) is 0 Å². The van der Waals surface area contributed by atoms with Gasteiger partial charge >= 0.3 is 5.37 Å². The van der Waals surface area contributed by atoms with Crippen LogP contribution < -0.4 is 10.2 Å². The van der Waals surface area contributed by atoms with Crippen molar-refractivity contribution in [3.63, 3.8) is 0 Å². The number of anilines is 2. The van der Waals surface area contributed by atoms with Crippen molar-refractivity contribution in [1.82, 2.24) is 4.98 Å². The molecule has 1 aromatic rings. The second-order valence-corrected chi connectivity index (χ2v) is 4.54. The summed E-state index contributed by atoms with van der Waals surface area (Å²) in [6.07, 6.45) is 5.44. The lowest BCUT2D eigenvalue weighted by Crippen LogP contribution is -2.32. The molecule has 1 amide bonds. The van der Waals surface area contributed by atoms with Gasteiger partial charge in [-0.2, -0.15) is 0 Å². The van der Waals surface area contributed by atoms with E-state index in [0.717, 1.165) is 5.57 Å². The molecule has 19 heavy (non-hydrogen) atoms. The molecule has 5 nitrogen and oxygen atoms in total. The third kappa shape index (κ3) is 1.92. The van der Waals surface area contributed by atoms with Crippen LogP contribution in [0, 0.1) is 0 Å². The summed E-state index contributed by atoms with van der Waals surface area (Å²) in [4.78, 5) is 29.2. The van der Waals surface area contributed by atoms with Crippen molar-refractivity contribution in [2.75, 3.05) is 16.8 Å². The number of rotatable bonds is 0. The largest absolute Gasteiger partial charge is 0.378 e. The maximum absolute atomic E-state index is 12.1. The molecule has 1 aromatic heterocycles. The second kappa shape index (κ2) is 4.51.